The molecule has 1 aromatic rings. The maximum Gasteiger partial charge on any atom is 0.280 e. The lowest BCUT2D eigenvalue weighted by atomic mass is 10.2. The molecule has 6 heteroatoms. The van der Waals surface area contributed by atoms with Gasteiger partial charge < -0.3 is 10.8 Å². The number of nitrogens with two attached hydrogens (primary N) is 1. The maximum atomic E-state index is 12.1. The molecule has 13 heavy (non-hydrogen) atoms. The van der Waals surface area contributed by atoms with Crippen LogP contribution in [0.25, 0.3) is 0 Å². The number of pyridine rings is 1. The van der Waals surface area contributed by atoms with Gasteiger partial charge in [0.15, 0.2) is 17.9 Å². The zero-order valence-corrected chi connectivity index (χ0v) is 6.37. The molecule has 0 amide bonds. The molecular weight excluding hydrogens is 182 g/mol. The lowest BCUT2D eigenvalue weighted by Gasteiger charge is -2.04. The molecule has 0 radical (unpaired) electrons. The second kappa shape index (κ2) is 3.34. The van der Waals surface area contributed by atoms with E-state index in [4.69, 9.17) is 10.8 Å². The molecular formula is C7H6F2N2O2. The molecule has 0 bridgehead atoms. The smallest absolute Gasteiger partial charge is 0.280 e. The molecule has 70 valence electrons. The summed E-state index contributed by atoms with van der Waals surface area (Å²) in [6, 6.07) is 0.795. The summed E-state index contributed by atoms with van der Waals surface area (Å²) < 4.78 is 24.2. The van der Waals surface area contributed by atoms with Gasteiger partial charge in [0, 0.05) is 0 Å². The van der Waals surface area contributed by atoms with Crippen LogP contribution in [0, 0.1) is 0 Å². The highest BCUT2D eigenvalue weighted by atomic mass is 19.3. The van der Waals surface area contributed by atoms with Gasteiger partial charge in [0.2, 0.25) is 0 Å². The number of nitrogens with zero attached hydrogens (tertiary/aromatic N) is 1. The largest absolute Gasteiger partial charge is 0.504 e. The topological polar surface area (TPSA) is 76.2 Å². The van der Waals surface area contributed by atoms with E-state index in [1.165, 1.54) is 0 Å². The summed E-state index contributed by atoms with van der Waals surface area (Å²) in [5.74, 6) is -1.04. The van der Waals surface area contributed by atoms with Gasteiger partial charge in [-0.2, -0.15) is 0 Å². The first kappa shape index (κ1) is 9.37. The van der Waals surface area contributed by atoms with Crippen LogP contribution in [0.3, 0.4) is 0 Å². The van der Waals surface area contributed by atoms with Gasteiger partial charge in [0.1, 0.15) is 5.69 Å². The molecule has 0 aliphatic heterocycles. The van der Waals surface area contributed by atoms with Crippen molar-refractivity contribution in [3.05, 3.63) is 17.3 Å². The zero-order valence-electron chi connectivity index (χ0n) is 6.37. The Bertz CT molecular complexity index is 342. The molecule has 0 aliphatic rings. The first-order chi connectivity index (χ1) is 6.06. The summed E-state index contributed by atoms with van der Waals surface area (Å²) in [4.78, 5) is 13.5. The molecule has 0 saturated heterocycles. The summed E-state index contributed by atoms with van der Waals surface area (Å²) in [6.45, 7) is 0. The Kier molecular flexibility index (Phi) is 2.41. The van der Waals surface area contributed by atoms with Gasteiger partial charge in [-0.15, -0.1) is 0 Å². The van der Waals surface area contributed by atoms with Crippen molar-refractivity contribution in [3.8, 4) is 5.75 Å². The second-order valence-corrected chi connectivity index (χ2v) is 2.29. The van der Waals surface area contributed by atoms with Crippen molar-refractivity contribution in [2.45, 2.75) is 6.43 Å². The second-order valence-electron chi connectivity index (χ2n) is 2.29. The Labute approximate surface area is 72.0 Å². The van der Waals surface area contributed by atoms with Gasteiger partial charge >= 0.3 is 0 Å². The number of carbonyl (C=O) groups is 1. The third-order valence-corrected chi connectivity index (χ3v) is 1.42. The fourth-order valence-electron chi connectivity index (χ4n) is 0.802. The molecule has 4 nitrogen and oxygen atoms in total. The normalized spacial score (nSPS) is 10.4. The minimum atomic E-state index is -2.82. The summed E-state index contributed by atoms with van der Waals surface area (Å²) in [6.07, 6.45) is -2.58. The van der Waals surface area contributed by atoms with Crippen LogP contribution in [0.4, 0.5) is 14.6 Å². The average molecular weight is 188 g/mol. The van der Waals surface area contributed by atoms with Crippen LogP contribution < -0.4 is 5.73 Å². The summed E-state index contributed by atoms with van der Waals surface area (Å²) in [5.41, 5.74) is 4.17. The van der Waals surface area contributed by atoms with Crippen molar-refractivity contribution in [1.82, 2.24) is 4.98 Å². The molecule has 0 aliphatic carbocycles. The van der Waals surface area contributed by atoms with E-state index in [2.05, 4.69) is 4.98 Å². The monoisotopic (exact) mass is 188 g/mol. The van der Waals surface area contributed by atoms with Gasteiger partial charge in [0.25, 0.3) is 6.43 Å². The first-order valence-electron chi connectivity index (χ1n) is 3.29. The van der Waals surface area contributed by atoms with Crippen LogP contribution >= 0.6 is 0 Å². The minimum absolute atomic E-state index is 0.235. The van der Waals surface area contributed by atoms with E-state index in [0.29, 0.717) is 0 Å². The Morgan fingerprint density at radius 2 is 2.23 bits per heavy atom. The van der Waals surface area contributed by atoms with E-state index in [1.807, 2.05) is 0 Å². The Morgan fingerprint density at radius 1 is 1.62 bits per heavy atom. The fraction of sp³-hybridized carbons (Fsp3) is 0.143. The molecule has 1 heterocycles. The van der Waals surface area contributed by atoms with Gasteiger partial charge in [-0.1, -0.05) is 0 Å². The summed E-state index contributed by atoms with van der Waals surface area (Å²) >= 11 is 0. The number of aldehydes is 1. The van der Waals surface area contributed by atoms with Crippen molar-refractivity contribution >= 4 is 12.1 Å². The van der Waals surface area contributed by atoms with Crippen LogP contribution in [0.5, 0.6) is 5.75 Å². The molecule has 0 aromatic carbocycles. The van der Waals surface area contributed by atoms with E-state index in [9.17, 15) is 13.6 Å². The maximum absolute atomic E-state index is 12.1. The predicted octanol–water partition coefficient (Wildman–Crippen LogP) is 1.12. The lowest BCUT2D eigenvalue weighted by Crippen LogP contribution is -1.99. The molecule has 0 saturated carbocycles. The van der Waals surface area contributed by atoms with E-state index < -0.39 is 23.7 Å². The number of halogens is 2. The highest BCUT2D eigenvalue weighted by Gasteiger charge is 2.14. The van der Waals surface area contributed by atoms with Crippen LogP contribution in [-0.4, -0.2) is 16.4 Å². The van der Waals surface area contributed by atoms with Crippen molar-refractivity contribution in [2.24, 2.45) is 0 Å². The number of hydrogen-bond acceptors (Lipinski definition) is 4. The van der Waals surface area contributed by atoms with Crippen molar-refractivity contribution in [3.63, 3.8) is 0 Å². The molecule has 0 spiro atoms. The van der Waals surface area contributed by atoms with Crippen molar-refractivity contribution in [1.29, 1.82) is 0 Å². The van der Waals surface area contributed by atoms with Crippen LogP contribution in [0.15, 0.2) is 6.07 Å². The number of rotatable bonds is 2. The van der Waals surface area contributed by atoms with E-state index in [1.54, 1.807) is 0 Å². The molecule has 1 rings (SSSR count). The van der Waals surface area contributed by atoms with E-state index in [-0.39, 0.29) is 11.8 Å². The Hall–Kier alpha value is -1.72. The van der Waals surface area contributed by atoms with Gasteiger partial charge in [-0.25, -0.2) is 13.8 Å². The number of carbonyl (C=O) groups excluding carboxylic acids is 1. The van der Waals surface area contributed by atoms with Gasteiger partial charge in [0.05, 0.1) is 5.56 Å². The van der Waals surface area contributed by atoms with Gasteiger partial charge in [-0.05, 0) is 6.07 Å². The highest BCUT2D eigenvalue weighted by Crippen LogP contribution is 2.26. The van der Waals surface area contributed by atoms with Crippen LogP contribution in [-0.2, 0) is 0 Å². The van der Waals surface area contributed by atoms with Crippen molar-refractivity contribution < 1.29 is 18.7 Å². The first-order valence-corrected chi connectivity index (χ1v) is 3.29. The minimum Gasteiger partial charge on any atom is -0.504 e. The Balaban J connectivity index is 3.30. The van der Waals surface area contributed by atoms with E-state index >= 15 is 0 Å². The summed E-state index contributed by atoms with van der Waals surface area (Å²) in [5, 5.41) is 9.04. The average Bonchev–Trinajstić information content (AvgIpc) is 2.09. The number of aromatic hydroxyl groups is 1. The molecule has 0 unspecified atom stereocenters. The molecule has 1 aromatic heterocycles. The number of alkyl halides is 2. The molecule has 0 atom stereocenters. The molecule has 0 fully saturated rings. The van der Waals surface area contributed by atoms with E-state index in [0.717, 1.165) is 6.07 Å². The van der Waals surface area contributed by atoms with Gasteiger partial charge in [-0.3, -0.25) is 4.79 Å². The zero-order chi connectivity index (χ0) is 10.0. The van der Waals surface area contributed by atoms with Crippen LogP contribution in [0.2, 0.25) is 0 Å². The number of nitrogen functional groups attached to an aromatic ring is 1. The number of aromatic nitrogens is 1. The number of hydrogen-bond donors (Lipinski definition) is 2. The highest BCUT2D eigenvalue weighted by molar-refractivity contribution is 5.82. The third kappa shape index (κ3) is 1.71. The quantitative estimate of drug-likeness (QED) is 0.682. The van der Waals surface area contributed by atoms with Crippen LogP contribution in [0.1, 0.15) is 22.5 Å². The fourth-order valence-corrected chi connectivity index (χ4v) is 0.802. The third-order valence-electron chi connectivity index (χ3n) is 1.42. The summed E-state index contributed by atoms with van der Waals surface area (Å²) in [7, 11) is 0. The van der Waals surface area contributed by atoms with Crippen molar-refractivity contribution in [2.75, 3.05) is 5.73 Å². The molecule has 3 N–H and O–H groups in total. The SMILES string of the molecule is Nc1nc(C(F)F)cc(C=O)c1O. The lowest BCUT2D eigenvalue weighted by molar-refractivity contribution is 0.112. The Morgan fingerprint density at radius 3 is 2.69 bits per heavy atom. The standard InChI is InChI=1S/C7H6F2N2O2/c8-6(9)4-1-3(2-12)5(13)7(10)11-4/h1-2,6,13H,(H2,10,11). The number of anilines is 1. The predicted molar refractivity (Wildman–Crippen MR) is 40.7 cm³/mol.